The third-order valence-electron chi connectivity index (χ3n) is 5.54. The molecule has 3 N–H and O–H groups in total. The minimum absolute atomic E-state index is 0.00329. The van der Waals surface area contributed by atoms with Crippen molar-refractivity contribution in [2.75, 3.05) is 26.3 Å². The number of aromatic nitrogens is 3. The summed E-state index contributed by atoms with van der Waals surface area (Å²) in [4.78, 5) is 32.0. The third kappa shape index (κ3) is 6.35. The molecule has 0 aliphatic rings. The number of hydrogen-bond donors (Lipinski definition) is 3. The summed E-state index contributed by atoms with van der Waals surface area (Å²) in [6, 6.07) is 21.7. The normalized spacial score (nSPS) is 11.2. The van der Waals surface area contributed by atoms with Gasteiger partial charge in [-0.25, -0.2) is 4.68 Å². The Kier molecular flexibility index (Phi) is 8.53. The second-order valence-electron chi connectivity index (χ2n) is 8.07. The first-order valence-corrected chi connectivity index (χ1v) is 11.7. The number of carbonyl (C=O) groups excluding carboxylic acids is 2. The van der Waals surface area contributed by atoms with Crippen molar-refractivity contribution in [1.82, 2.24) is 25.0 Å². The topological polar surface area (TPSA) is 121 Å². The average molecular weight is 498 g/mol. The molecule has 2 aromatic heterocycles. The van der Waals surface area contributed by atoms with Gasteiger partial charge in [-0.15, -0.1) is 0 Å². The van der Waals surface area contributed by atoms with Gasteiger partial charge in [-0.2, -0.15) is 5.10 Å². The van der Waals surface area contributed by atoms with Gasteiger partial charge in [-0.1, -0.05) is 36.4 Å². The first-order valence-electron chi connectivity index (χ1n) is 11.7. The lowest BCUT2D eigenvalue weighted by Crippen LogP contribution is -2.41. The molecule has 0 radical (unpaired) electrons. The second kappa shape index (κ2) is 12.4. The number of nitrogens with one attached hydrogen (secondary N) is 1. The molecule has 0 saturated carbocycles. The zero-order valence-electron chi connectivity index (χ0n) is 20.1. The van der Waals surface area contributed by atoms with E-state index in [-0.39, 0.29) is 32.0 Å². The van der Waals surface area contributed by atoms with E-state index in [1.807, 2.05) is 36.4 Å². The number of rotatable bonds is 10. The van der Waals surface area contributed by atoms with Gasteiger partial charge in [0.1, 0.15) is 11.4 Å². The van der Waals surface area contributed by atoms with Gasteiger partial charge in [0.15, 0.2) is 0 Å². The average Bonchev–Trinajstić information content (AvgIpc) is 3.37. The summed E-state index contributed by atoms with van der Waals surface area (Å²) in [6.07, 6.45) is 6.65. The number of benzene rings is 2. The molecule has 37 heavy (non-hydrogen) atoms. The van der Waals surface area contributed by atoms with Crippen molar-refractivity contribution in [2.24, 2.45) is 0 Å². The molecule has 0 fully saturated rings. The summed E-state index contributed by atoms with van der Waals surface area (Å²) >= 11 is 0. The van der Waals surface area contributed by atoms with Crippen molar-refractivity contribution < 1.29 is 19.8 Å². The Morgan fingerprint density at radius 2 is 1.59 bits per heavy atom. The predicted molar refractivity (Wildman–Crippen MR) is 139 cm³/mol. The van der Waals surface area contributed by atoms with Gasteiger partial charge in [0.25, 0.3) is 11.8 Å². The lowest BCUT2D eigenvalue weighted by molar-refractivity contribution is -0.128. The molecule has 0 aliphatic carbocycles. The van der Waals surface area contributed by atoms with E-state index < -0.39 is 11.8 Å². The van der Waals surface area contributed by atoms with Crippen molar-refractivity contribution in [3.63, 3.8) is 0 Å². The van der Waals surface area contributed by atoms with Crippen LogP contribution in [0, 0.1) is 0 Å². The molecular weight excluding hydrogens is 470 g/mol. The number of pyridine rings is 1. The maximum absolute atomic E-state index is 13.5. The van der Waals surface area contributed by atoms with Crippen LogP contribution in [0.5, 0.6) is 0 Å². The molecule has 0 aliphatic heterocycles. The van der Waals surface area contributed by atoms with Crippen LogP contribution < -0.4 is 5.32 Å². The predicted octanol–water partition coefficient (Wildman–Crippen LogP) is 2.52. The van der Waals surface area contributed by atoms with E-state index in [9.17, 15) is 19.8 Å². The van der Waals surface area contributed by atoms with Gasteiger partial charge in [0, 0.05) is 48.4 Å². The number of aliphatic hydroxyl groups excluding tert-OH is 2. The van der Waals surface area contributed by atoms with E-state index in [4.69, 9.17) is 5.10 Å². The molecule has 0 bridgehead atoms. The Labute approximate surface area is 214 Å². The minimum atomic E-state index is -0.544. The highest BCUT2D eigenvalue weighted by atomic mass is 16.3. The highest BCUT2D eigenvalue weighted by Gasteiger charge is 2.22. The Morgan fingerprint density at radius 3 is 2.22 bits per heavy atom. The number of nitrogens with zero attached hydrogens (tertiary/aromatic N) is 4. The fourth-order valence-corrected chi connectivity index (χ4v) is 3.75. The fourth-order valence-electron chi connectivity index (χ4n) is 3.75. The number of hydrogen-bond acceptors (Lipinski definition) is 6. The third-order valence-corrected chi connectivity index (χ3v) is 5.54. The number of para-hydroxylation sites is 1. The summed E-state index contributed by atoms with van der Waals surface area (Å²) in [5.74, 6) is -1.01. The number of aliphatic hydroxyl groups is 2. The lowest BCUT2D eigenvalue weighted by atomic mass is 10.1. The maximum atomic E-state index is 13.5. The highest BCUT2D eigenvalue weighted by Crippen LogP contribution is 2.25. The molecule has 2 aromatic carbocycles. The summed E-state index contributed by atoms with van der Waals surface area (Å²) in [6.45, 7) is -0.593. The molecule has 9 nitrogen and oxygen atoms in total. The maximum Gasteiger partial charge on any atom is 0.270 e. The van der Waals surface area contributed by atoms with Gasteiger partial charge >= 0.3 is 0 Å². The summed E-state index contributed by atoms with van der Waals surface area (Å²) < 4.78 is 1.69. The Bertz CT molecular complexity index is 1350. The summed E-state index contributed by atoms with van der Waals surface area (Å²) in [5.41, 5.74) is 3.04. The molecule has 188 valence electrons. The van der Waals surface area contributed by atoms with Crippen LogP contribution in [0.25, 0.3) is 23.0 Å². The lowest BCUT2D eigenvalue weighted by Gasteiger charge is -2.22. The van der Waals surface area contributed by atoms with Crippen LogP contribution >= 0.6 is 0 Å². The number of carbonyl (C=O) groups is 2. The van der Waals surface area contributed by atoms with Crippen molar-refractivity contribution in [3.8, 4) is 16.9 Å². The van der Waals surface area contributed by atoms with E-state index in [1.54, 1.807) is 65.7 Å². The molecule has 2 heterocycles. The smallest absolute Gasteiger partial charge is 0.270 e. The monoisotopic (exact) mass is 497 g/mol. The van der Waals surface area contributed by atoms with E-state index >= 15 is 0 Å². The van der Waals surface area contributed by atoms with Crippen LogP contribution in [0.15, 0.2) is 97.1 Å². The van der Waals surface area contributed by atoms with Gasteiger partial charge < -0.3 is 20.4 Å². The van der Waals surface area contributed by atoms with Crippen molar-refractivity contribution in [2.45, 2.75) is 0 Å². The standard InChI is InChI=1S/C28H27N5O4/c34-16-14-32(15-17-35)28(37)25(30-27(36)21-8-3-1-4-9-21)18-23-20-33(24-11-5-2-6-12-24)31-26(23)22-10-7-13-29-19-22/h1-13,18-20,34-35H,14-17H2,(H,30,36)/b25-18+. The van der Waals surface area contributed by atoms with Crippen LogP contribution in [0.2, 0.25) is 0 Å². The van der Waals surface area contributed by atoms with Crippen molar-refractivity contribution in [1.29, 1.82) is 0 Å². The highest BCUT2D eigenvalue weighted by molar-refractivity contribution is 6.05. The zero-order chi connectivity index (χ0) is 26.0. The summed E-state index contributed by atoms with van der Waals surface area (Å²) in [7, 11) is 0. The SMILES string of the molecule is O=C(N/C(=C/c1cn(-c2ccccc2)nc1-c1cccnc1)C(=O)N(CCO)CCO)c1ccccc1. The van der Waals surface area contributed by atoms with Crippen LogP contribution in [-0.2, 0) is 4.79 Å². The van der Waals surface area contributed by atoms with Gasteiger partial charge in [-0.05, 0) is 42.5 Å². The Balaban J connectivity index is 1.82. The van der Waals surface area contributed by atoms with E-state index in [2.05, 4.69) is 10.3 Å². The first kappa shape index (κ1) is 25.5. The molecule has 0 saturated heterocycles. The van der Waals surface area contributed by atoms with Crippen LogP contribution in [-0.4, -0.2) is 68.0 Å². The summed E-state index contributed by atoms with van der Waals surface area (Å²) in [5, 5.41) is 26.4. The minimum Gasteiger partial charge on any atom is -0.395 e. The van der Waals surface area contributed by atoms with E-state index in [0.717, 1.165) is 11.3 Å². The fraction of sp³-hybridized carbons (Fsp3) is 0.143. The zero-order valence-corrected chi connectivity index (χ0v) is 20.1. The van der Waals surface area contributed by atoms with Gasteiger partial charge in [0.2, 0.25) is 0 Å². The molecule has 4 rings (SSSR count). The molecule has 9 heteroatoms. The van der Waals surface area contributed by atoms with Crippen LogP contribution in [0.1, 0.15) is 15.9 Å². The van der Waals surface area contributed by atoms with Crippen molar-refractivity contribution >= 4 is 17.9 Å². The van der Waals surface area contributed by atoms with E-state index in [0.29, 0.717) is 16.8 Å². The van der Waals surface area contributed by atoms with Gasteiger partial charge in [0.05, 0.1) is 18.9 Å². The van der Waals surface area contributed by atoms with Crippen LogP contribution in [0.4, 0.5) is 0 Å². The second-order valence-corrected chi connectivity index (χ2v) is 8.07. The Morgan fingerprint density at radius 1 is 0.919 bits per heavy atom. The molecular formula is C28H27N5O4. The van der Waals surface area contributed by atoms with Crippen molar-refractivity contribution in [3.05, 3.63) is 108 Å². The molecule has 4 aromatic rings. The quantitative estimate of drug-likeness (QED) is 0.290. The molecule has 0 spiro atoms. The first-order chi connectivity index (χ1) is 18.1. The molecule has 2 amide bonds. The largest absolute Gasteiger partial charge is 0.395 e. The molecule has 0 unspecified atom stereocenters. The van der Waals surface area contributed by atoms with Crippen LogP contribution in [0.3, 0.4) is 0 Å². The van der Waals surface area contributed by atoms with E-state index in [1.165, 1.54) is 4.90 Å². The number of amides is 2. The van der Waals surface area contributed by atoms with Gasteiger partial charge in [-0.3, -0.25) is 14.6 Å². The molecule has 0 atom stereocenters. The Hall–Kier alpha value is -4.60.